The molecule has 0 spiro atoms. The fourth-order valence-electron chi connectivity index (χ4n) is 1.49. The molecular weight excluding hydrogens is 265 g/mol. The lowest BCUT2D eigenvalue weighted by molar-refractivity contribution is 0.103. The molecule has 0 saturated carbocycles. The Morgan fingerprint density at radius 1 is 0.889 bits per heavy atom. The molecule has 0 aliphatic carbocycles. The SMILES string of the molecule is O=C(c1ccccc1Cl)c1ccc(F)c(F)c1F. The van der Waals surface area contributed by atoms with Gasteiger partial charge in [-0.05, 0) is 24.3 Å². The van der Waals surface area contributed by atoms with Crippen LogP contribution >= 0.6 is 11.6 Å². The van der Waals surface area contributed by atoms with Gasteiger partial charge in [0.25, 0.3) is 0 Å². The van der Waals surface area contributed by atoms with Gasteiger partial charge in [-0.2, -0.15) is 0 Å². The normalized spacial score (nSPS) is 10.4. The van der Waals surface area contributed by atoms with E-state index in [1.54, 1.807) is 6.07 Å². The van der Waals surface area contributed by atoms with Crippen LogP contribution in [-0.4, -0.2) is 5.78 Å². The summed E-state index contributed by atoms with van der Waals surface area (Å²) in [4.78, 5) is 11.9. The highest BCUT2D eigenvalue weighted by Crippen LogP contribution is 2.22. The van der Waals surface area contributed by atoms with Crippen LogP contribution in [0.5, 0.6) is 0 Å². The van der Waals surface area contributed by atoms with Crippen molar-refractivity contribution in [3.8, 4) is 0 Å². The van der Waals surface area contributed by atoms with Gasteiger partial charge < -0.3 is 0 Å². The molecule has 0 aliphatic rings. The molecule has 0 N–H and O–H groups in total. The van der Waals surface area contributed by atoms with Crippen molar-refractivity contribution in [1.29, 1.82) is 0 Å². The van der Waals surface area contributed by atoms with E-state index in [2.05, 4.69) is 0 Å². The number of carbonyl (C=O) groups excluding carboxylic acids is 1. The van der Waals surface area contributed by atoms with Crippen LogP contribution in [0.4, 0.5) is 13.2 Å². The van der Waals surface area contributed by atoms with Crippen LogP contribution < -0.4 is 0 Å². The minimum absolute atomic E-state index is 0.0316. The van der Waals surface area contributed by atoms with Crippen molar-refractivity contribution in [1.82, 2.24) is 0 Å². The van der Waals surface area contributed by atoms with Crippen LogP contribution in [-0.2, 0) is 0 Å². The van der Waals surface area contributed by atoms with E-state index in [-0.39, 0.29) is 10.6 Å². The van der Waals surface area contributed by atoms with E-state index in [0.717, 1.165) is 6.07 Å². The molecule has 2 aromatic rings. The Bertz CT molecular complexity index is 626. The summed E-state index contributed by atoms with van der Waals surface area (Å²) in [6.07, 6.45) is 0. The molecule has 0 atom stereocenters. The smallest absolute Gasteiger partial charge is 0.197 e. The highest BCUT2D eigenvalue weighted by atomic mass is 35.5. The zero-order chi connectivity index (χ0) is 13.3. The maximum Gasteiger partial charge on any atom is 0.197 e. The molecule has 5 heteroatoms. The van der Waals surface area contributed by atoms with Crippen LogP contribution in [0.25, 0.3) is 0 Å². The largest absolute Gasteiger partial charge is 0.288 e. The Balaban J connectivity index is 2.54. The summed E-state index contributed by atoms with van der Waals surface area (Å²) in [5.74, 6) is -5.33. The molecule has 0 aromatic heterocycles. The quantitative estimate of drug-likeness (QED) is 0.596. The second kappa shape index (κ2) is 4.82. The summed E-state index contributed by atoms with van der Waals surface area (Å²) in [7, 11) is 0. The minimum Gasteiger partial charge on any atom is -0.288 e. The predicted molar refractivity (Wildman–Crippen MR) is 61.2 cm³/mol. The Morgan fingerprint density at radius 2 is 1.56 bits per heavy atom. The Labute approximate surface area is 106 Å². The van der Waals surface area contributed by atoms with Crippen molar-refractivity contribution in [2.45, 2.75) is 0 Å². The van der Waals surface area contributed by atoms with Gasteiger partial charge in [-0.3, -0.25) is 4.79 Å². The van der Waals surface area contributed by atoms with Crippen LogP contribution in [0, 0.1) is 17.5 Å². The van der Waals surface area contributed by atoms with E-state index in [1.165, 1.54) is 18.2 Å². The lowest BCUT2D eigenvalue weighted by Gasteiger charge is -2.05. The van der Waals surface area contributed by atoms with Crippen LogP contribution in [0.15, 0.2) is 36.4 Å². The lowest BCUT2D eigenvalue weighted by atomic mass is 10.0. The van der Waals surface area contributed by atoms with Crippen molar-refractivity contribution >= 4 is 17.4 Å². The highest BCUT2D eigenvalue weighted by molar-refractivity contribution is 6.35. The summed E-state index contributed by atoms with van der Waals surface area (Å²) >= 11 is 5.78. The lowest BCUT2D eigenvalue weighted by Crippen LogP contribution is -2.07. The zero-order valence-corrected chi connectivity index (χ0v) is 9.64. The Hall–Kier alpha value is -1.81. The van der Waals surface area contributed by atoms with Crippen molar-refractivity contribution in [3.63, 3.8) is 0 Å². The van der Waals surface area contributed by atoms with Gasteiger partial charge in [0.05, 0.1) is 10.6 Å². The number of halogens is 4. The molecular formula is C13H6ClF3O. The molecule has 2 rings (SSSR count). The van der Waals surface area contributed by atoms with Gasteiger partial charge in [-0.25, -0.2) is 13.2 Å². The second-order valence-electron chi connectivity index (χ2n) is 3.53. The maximum absolute atomic E-state index is 13.5. The molecule has 0 radical (unpaired) electrons. The molecule has 0 aliphatic heterocycles. The zero-order valence-electron chi connectivity index (χ0n) is 8.88. The van der Waals surface area contributed by atoms with Crippen LogP contribution in [0.2, 0.25) is 5.02 Å². The summed E-state index contributed by atoms with van der Waals surface area (Å²) in [5.41, 5.74) is -0.522. The van der Waals surface area contributed by atoms with Crippen LogP contribution in [0.1, 0.15) is 15.9 Å². The molecule has 0 fully saturated rings. The summed E-state index contributed by atoms with van der Waals surface area (Å²) in [6.45, 7) is 0. The van der Waals surface area contributed by atoms with Gasteiger partial charge in [0.1, 0.15) is 0 Å². The molecule has 18 heavy (non-hydrogen) atoms. The molecule has 0 heterocycles. The number of carbonyl (C=O) groups is 1. The highest BCUT2D eigenvalue weighted by Gasteiger charge is 2.21. The van der Waals surface area contributed by atoms with E-state index in [9.17, 15) is 18.0 Å². The fourth-order valence-corrected chi connectivity index (χ4v) is 1.71. The molecule has 1 nitrogen and oxygen atoms in total. The third-order valence-electron chi connectivity index (χ3n) is 2.40. The maximum atomic E-state index is 13.5. The van der Waals surface area contributed by atoms with Gasteiger partial charge in [-0.15, -0.1) is 0 Å². The number of hydrogen-bond acceptors (Lipinski definition) is 1. The van der Waals surface area contributed by atoms with Gasteiger partial charge in [0.2, 0.25) is 0 Å². The number of ketones is 1. The summed E-state index contributed by atoms with van der Waals surface area (Å²) < 4.78 is 39.2. The minimum atomic E-state index is -1.67. The number of hydrogen-bond donors (Lipinski definition) is 0. The van der Waals surface area contributed by atoms with Crippen molar-refractivity contribution in [2.75, 3.05) is 0 Å². The van der Waals surface area contributed by atoms with Crippen LogP contribution in [0.3, 0.4) is 0 Å². The first kappa shape index (κ1) is 12.6. The fraction of sp³-hybridized carbons (Fsp3) is 0. The molecule has 0 saturated heterocycles. The number of rotatable bonds is 2. The van der Waals surface area contributed by atoms with Gasteiger partial charge >= 0.3 is 0 Å². The van der Waals surface area contributed by atoms with Gasteiger partial charge in [-0.1, -0.05) is 23.7 Å². The van der Waals surface area contributed by atoms with E-state index in [0.29, 0.717) is 6.07 Å². The first-order chi connectivity index (χ1) is 8.52. The van der Waals surface area contributed by atoms with E-state index in [4.69, 9.17) is 11.6 Å². The average molecular weight is 271 g/mol. The molecule has 0 unspecified atom stereocenters. The summed E-state index contributed by atoms with van der Waals surface area (Å²) in [6, 6.07) is 7.55. The Morgan fingerprint density at radius 3 is 2.22 bits per heavy atom. The van der Waals surface area contributed by atoms with Gasteiger partial charge in [0, 0.05) is 5.56 Å². The van der Waals surface area contributed by atoms with E-state index < -0.39 is 28.8 Å². The summed E-state index contributed by atoms with van der Waals surface area (Å²) in [5, 5.41) is 0.117. The number of benzene rings is 2. The first-order valence-electron chi connectivity index (χ1n) is 4.95. The standard InChI is InChI=1S/C13H6ClF3O/c14-9-4-2-1-3-7(9)13(18)8-5-6-10(15)12(17)11(8)16/h1-6H. The topological polar surface area (TPSA) is 17.1 Å². The monoisotopic (exact) mass is 270 g/mol. The van der Waals surface area contributed by atoms with E-state index >= 15 is 0 Å². The van der Waals surface area contributed by atoms with Crippen molar-refractivity contribution < 1.29 is 18.0 Å². The van der Waals surface area contributed by atoms with Gasteiger partial charge in [0.15, 0.2) is 23.2 Å². The van der Waals surface area contributed by atoms with Crippen molar-refractivity contribution in [2.24, 2.45) is 0 Å². The third kappa shape index (κ3) is 2.11. The predicted octanol–water partition coefficient (Wildman–Crippen LogP) is 3.99. The Kier molecular flexibility index (Phi) is 3.39. The third-order valence-corrected chi connectivity index (χ3v) is 2.73. The molecule has 0 bridgehead atoms. The molecule has 0 amide bonds. The molecule has 92 valence electrons. The average Bonchev–Trinajstić information content (AvgIpc) is 2.36. The first-order valence-corrected chi connectivity index (χ1v) is 5.33. The second-order valence-corrected chi connectivity index (χ2v) is 3.94. The van der Waals surface area contributed by atoms with Crippen molar-refractivity contribution in [3.05, 3.63) is 70.0 Å². The van der Waals surface area contributed by atoms with E-state index in [1.807, 2.05) is 0 Å². The molecule has 2 aromatic carbocycles.